The first kappa shape index (κ1) is 16.5. The topological polar surface area (TPSA) is 75.2 Å². The average Bonchev–Trinajstić information content (AvgIpc) is 2.85. The van der Waals surface area contributed by atoms with E-state index < -0.39 is 6.61 Å². The fourth-order valence-electron chi connectivity index (χ4n) is 1.69. The summed E-state index contributed by atoms with van der Waals surface area (Å²) in [5, 5.41) is 8.58. The quantitative estimate of drug-likeness (QED) is 0.455. The lowest BCUT2D eigenvalue weighted by molar-refractivity contribution is -0.0498. The van der Waals surface area contributed by atoms with E-state index in [0.717, 1.165) is 0 Å². The van der Waals surface area contributed by atoms with Gasteiger partial charge in [-0.1, -0.05) is 11.8 Å². The zero-order valence-electron chi connectivity index (χ0n) is 11.9. The Labute approximate surface area is 130 Å². The lowest BCUT2D eigenvalue weighted by atomic mass is 10.2. The average molecular weight is 330 g/mol. The minimum Gasteiger partial charge on any atom is -0.435 e. The molecule has 0 aliphatic heterocycles. The minimum absolute atomic E-state index is 0.0770. The predicted octanol–water partition coefficient (Wildman–Crippen LogP) is 2.39. The van der Waals surface area contributed by atoms with Gasteiger partial charge in [0.25, 0.3) is 0 Å². The minimum atomic E-state index is -2.85. The molecule has 0 aliphatic rings. The molecule has 0 saturated heterocycles. The van der Waals surface area contributed by atoms with E-state index in [1.54, 1.807) is 12.1 Å². The van der Waals surface area contributed by atoms with Gasteiger partial charge in [-0.2, -0.15) is 8.78 Å². The van der Waals surface area contributed by atoms with E-state index in [0.29, 0.717) is 35.5 Å². The lowest BCUT2D eigenvalue weighted by Gasteiger charge is -2.06. The molecular weight excluding hydrogens is 314 g/mol. The summed E-state index contributed by atoms with van der Waals surface area (Å²) in [4.78, 5) is 0. The number of nitrogen functional groups attached to an aromatic ring is 1. The van der Waals surface area contributed by atoms with Gasteiger partial charge < -0.3 is 15.3 Å². The summed E-state index contributed by atoms with van der Waals surface area (Å²) >= 11 is 1.43. The number of alkyl halides is 2. The first-order valence-corrected chi connectivity index (χ1v) is 7.56. The molecule has 0 saturated carbocycles. The number of hydrogen-bond acceptors (Lipinski definition) is 6. The van der Waals surface area contributed by atoms with Crippen molar-refractivity contribution in [1.82, 2.24) is 14.9 Å². The van der Waals surface area contributed by atoms with Crippen LogP contribution < -0.4 is 10.6 Å². The van der Waals surface area contributed by atoms with Crippen molar-refractivity contribution >= 4 is 11.8 Å². The normalized spacial score (nSPS) is 11.1. The van der Waals surface area contributed by atoms with Crippen LogP contribution in [0.5, 0.6) is 5.75 Å². The van der Waals surface area contributed by atoms with Crippen molar-refractivity contribution in [2.24, 2.45) is 0 Å². The molecule has 9 heteroatoms. The zero-order chi connectivity index (χ0) is 15.9. The van der Waals surface area contributed by atoms with Gasteiger partial charge in [-0.3, -0.25) is 0 Å². The molecule has 120 valence electrons. The van der Waals surface area contributed by atoms with Gasteiger partial charge in [-0.25, -0.2) is 4.68 Å². The second kappa shape index (κ2) is 7.95. The van der Waals surface area contributed by atoms with Gasteiger partial charge in [0.15, 0.2) is 5.82 Å². The molecule has 1 heterocycles. The number of ether oxygens (including phenoxy) is 2. The molecular formula is C13H16F2N4O2S. The molecule has 0 amide bonds. The van der Waals surface area contributed by atoms with Crippen LogP contribution in [-0.4, -0.2) is 40.5 Å². The van der Waals surface area contributed by atoms with E-state index >= 15 is 0 Å². The van der Waals surface area contributed by atoms with Crippen LogP contribution in [0.4, 0.5) is 8.78 Å². The van der Waals surface area contributed by atoms with Crippen molar-refractivity contribution in [3.05, 3.63) is 24.3 Å². The summed E-state index contributed by atoms with van der Waals surface area (Å²) in [6.07, 6.45) is 0. The van der Waals surface area contributed by atoms with Crippen molar-refractivity contribution in [2.45, 2.75) is 18.7 Å². The van der Waals surface area contributed by atoms with E-state index in [1.807, 2.05) is 6.92 Å². The van der Waals surface area contributed by atoms with Gasteiger partial charge in [-0.05, 0) is 31.2 Å². The van der Waals surface area contributed by atoms with Crippen LogP contribution in [-0.2, 0) is 4.74 Å². The molecule has 2 aromatic rings. The molecule has 22 heavy (non-hydrogen) atoms. The highest BCUT2D eigenvalue weighted by Gasteiger charge is 2.12. The Kier molecular flexibility index (Phi) is 5.96. The van der Waals surface area contributed by atoms with Crippen LogP contribution in [0.1, 0.15) is 6.92 Å². The number of benzene rings is 1. The third kappa shape index (κ3) is 4.31. The van der Waals surface area contributed by atoms with Crippen molar-refractivity contribution in [1.29, 1.82) is 0 Å². The first-order valence-electron chi connectivity index (χ1n) is 6.58. The Morgan fingerprint density at radius 3 is 2.64 bits per heavy atom. The van der Waals surface area contributed by atoms with Crippen molar-refractivity contribution in [2.75, 3.05) is 24.8 Å². The summed E-state index contributed by atoms with van der Waals surface area (Å²) in [6.45, 7) is 0.338. The maximum Gasteiger partial charge on any atom is 0.387 e. The largest absolute Gasteiger partial charge is 0.435 e. The molecule has 0 atom stereocenters. The van der Waals surface area contributed by atoms with Gasteiger partial charge in [-0.15, -0.1) is 10.2 Å². The Bertz CT molecular complexity index is 592. The smallest absolute Gasteiger partial charge is 0.387 e. The highest BCUT2D eigenvalue weighted by Crippen LogP contribution is 2.24. The number of aromatic nitrogens is 3. The van der Waals surface area contributed by atoms with Gasteiger partial charge >= 0.3 is 6.61 Å². The van der Waals surface area contributed by atoms with E-state index in [1.165, 1.54) is 28.6 Å². The lowest BCUT2D eigenvalue weighted by Crippen LogP contribution is -2.12. The summed E-state index contributed by atoms with van der Waals surface area (Å²) in [5.41, 5.74) is 0.660. The highest BCUT2D eigenvalue weighted by molar-refractivity contribution is 7.99. The summed E-state index contributed by atoms with van der Waals surface area (Å²) < 4.78 is 35.1. The standard InChI is InChI=1S/C13H16F2N4O2S/c1-2-20-7-8-22-13-18-17-11(19(13)16)9-3-5-10(6-4-9)21-12(14)15/h3-6,12H,2,7-8,16H2,1H3. The fraction of sp³-hybridized carbons (Fsp3) is 0.385. The molecule has 0 radical (unpaired) electrons. The molecule has 2 N–H and O–H groups in total. The van der Waals surface area contributed by atoms with E-state index in [9.17, 15) is 8.78 Å². The monoisotopic (exact) mass is 330 g/mol. The Hall–Kier alpha value is -1.87. The maximum atomic E-state index is 12.1. The molecule has 0 spiro atoms. The SMILES string of the molecule is CCOCCSc1nnc(-c2ccc(OC(F)F)cc2)n1N. The Morgan fingerprint density at radius 2 is 2.00 bits per heavy atom. The number of nitrogens with zero attached hydrogens (tertiary/aromatic N) is 3. The Morgan fingerprint density at radius 1 is 1.27 bits per heavy atom. The fourth-order valence-corrected chi connectivity index (χ4v) is 2.40. The molecule has 0 bridgehead atoms. The van der Waals surface area contributed by atoms with Crippen LogP contribution >= 0.6 is 11.8 Å². The molecule has 0 aliphatic carbocycles. The number of nitrogens with two attached hydrogens (primary N) is 1. The third-order valence-electron chi connectivity index (χ3n) is 2.67. The van der Waals surface area contributed by atoms with E-state index in [2.05, 4.69) is 14.9 Å². The van der Waals surface area contributed by atoms with Gasteiger partial charge in [0, 0.05) is 17.9 Å². The number of thioether (sulfide) groups is 1. The van der Waals surface area contributed by atoms with Crippen LogP contribution in [0.3, 0.4) is 0 Å². The van der Waals surface area contributed by atoms with Crippen LogP contribution in [0.2, 0.25) is 0 Å². The van der Waals surface area contributed by atoms with Crippen LogP contribution in [0.25, 0.3) is 11.4 Å². The molecule has 0 fully saturated rings. The highest BCUT2D eigenvalue weighted by atomic mass is 32.2. The summed E-state index contributed by atoms with van der Waals surface area (Å²) in [6, 6.07) is 6.05. The van der Waals surface area contributed by atoms with Gasteiger partial charge in [0.2, 0.25) is 5.16 Å². The second-order valence-electron chi connectivity index (χ2n) is 4.12. The van der Waals surface area contributed by atoms with Crippen LogP contribution in [0, 0.1) is 0 Å². The van der Waals surface area contributed by atoms with Gasteiger partial charge in [0.1, 0.15) is 5.75 Å². The first-order chi connectivity index (χ1) is 10.6. The molecule has 2 rings (SSSR count). The maximum absolute atomic E-state index is 12.1. The van der Waals surface area contributed by atoms with Crippen LogP contribution in [0.15, 0.2) is 29.4 Å². The van der Waals surface area contributed by atoms with Gasteiger partial charge in [0.05, 0.1) is 6.61 Å². The number of halogens is 2. The third-order valence-corrected chi connectivity index (χ3v) is 3.57. The number of hydrogen-bond donors (Lipinski definition) is 1. The zero-order valence-corrected chi connectivity index (χ0v) is 12.7. The summed E-state index contributed by atoms with van der Waals surface area (Å²) in [7, 11) is 0. The van der Waals surface area contributed by atoms with E-state index in [4.69, 9.17) is 10.6 Å². The Balaban J connectivity index is 2.04. The predicted molar refractivity (Wildman–Crippen MR) is 79.5 cm³/mol. The van der Waals surface area contributed by atoms with E-state index in [-0.39, 0.29) is 5.75 Å². The molecule has 6 nitrogen and oxygen atoms in total. The molecule has 0 unspecified atom stereocenters. The van der Waals surface area contributed by atoms with Crippen molar-refractivity contribution < 1.29 is 18.3 Å². The molecule has 1 aromatic heterocycles. The van der Waals surface area contributed by atoms with Crippen molar-refractivity contribution in [3.8, 4) is 17.1 Å². The van der Waals surface area contributed by atoms with Crippen molar-refractivity contribution in [3.63, 3.8) is 0 Å². The summed E-state index contributed by atoms with van der Waals surface area (Å²) in [5.74, 6) is 7.18. The number of rotatable bonds is 8. The molecule has 1 aromatic carbocycles. The second-order valence-corrected chi connectivity index (χ2v) is 5.19.